The second-order valence-electron chi connectivity index (χ2n) is 6.70. The first-order valence-electron chi connectivity index (χ1n) is 10.2. The number of allylic oxidation sites excluding steroid dienone is 2. The monoisotopic (exact) mass is 402 g/mol. The molecule has 0 saturated carbocycles. The molecular weight excluding hydrogens is 364 g/mol. The molecule has 0 spiro atoms. The highest BCUT2D eigenvalue weighted by molar-refractivity contribution is 5.86. The molecule has 0 aromatic heterocycles. The van der Waals surface area contributed by atoms with Crippen LogP contribution in [-0.4, -0.2) is 94.6 Å². The lowest BCUT2D eigenvalue weighted by atomic mass is 9.97. The summed E-state index contributed by atoms with van der Waals surface area (Å²) >= 11 is 0. The number of amides is 2. The highest BCUT2D eigenvalue weighted by atomic mass is 16.3. The van der Waals surface area contributed by atoms with Gasteiger partial charge in [0.15, 0.2) is 0 Å². The maximum atomic E-state index is 12.9. The molecular formula is C20H38N2O6. The molecule has 0 aliphatic rings. The van der Waals surface area contributed by atoms with Crippen molar-refractivity contribution in [3.63, 3.8) is 0 Å². The van der Waals surface area contributed by atoms with Gasteiger partial charge in [-0.05, 0) is 19.3 Å². The van der Waals surface area contributed by atoms with E-state index in [1.165, 1.54) is 9.80 Å². The van der Waals surface area contributed by atoms with E-state index in [2.05, 4.69) is 6.92 Å². The molecule has 0 rings (SSSR count). The summed E-state index contributed by atoms with van der Waals surface area (Å²) in [6.45, 7) is 1.65. The molecule has 0 aromatic rings. The van der Waals surface area contributed by atoms with E-state index in [9.17, 15) is 19.8 Å². The highest BCUT2D eigenvalue weighted by Gasteiger charge is 2.27. The lowest BCUT2D eigenvalue weighted by Gasteiger charge is -2.27. The number of rotatable bonds is 17. The summed E-state index contributed by atoms with van der Waals surface area (Å²) in [5, 5.41) is 36.6. The van der Waals surface area contributed by atoms with Gasteiger partial charge in [0, 0.05) is 32.6 Å². The summed E-state index contributed by atoms with van der Waals surface area (Å²) in [6.07, 6.45) is 8.52. The molecule has 164 valence electrons. The molecule has 28 heavy (non-hydrogen) atoms. The topological polar surface area (TPSA) is 122 Å². The van der Waals surface area contributed by atoms with E-state index in [-0.39, 0.29) is 70.8 Å². The first-order chi connectivity index (χ1) is 13.5. The van der Waals surface area contributed by atoms with E-state index >= 15 is 0 Å². The van der Waals surface area contributed by atoms with Gasteiger partial charge in [-0.3, -0.25) is 9.59 Å². The van der Waals surface area contributed by atoms with Crippen molar-refractivity contribution in [1.82, 2.24) is 9.80 Å². The third kappa shape index (κ3) is 11.4. The van der Waals surface area contributed by atoms with Gasteiger partial charge in [0.25, 0.3) is 0 Å². The quantitative estimate of drug-likeness (QED) is 0.203. The van der Waals surface area contributed by atoms with Crippen LogP contribution in [0.5, 0.6) is 0 Å². The molecule has 0 aromatic carbocycles. The predicted octanol–water partition coefficient (Wildman–Crippen LogP) is 0.146. The fourth-order valence-electron chi connectivity index (χ4n) is 2.94. The summed E-state index contributed by atoms with van der Waals surface area (Å²) in [7, 11) is 0. The smallest absolute Gasteiger partial charge is 0.226 e. The Bertz CT molecular complexity index is 432. The van der Waals surface area contributed by atoms with Crippen molar-refractivity contribution in [2.75, 3.05) is 52.6 Å². The number of unbranched alkanes of at least 4 members (excludes halogenated alkanes) is 3. The van der Waals surface area contributed by atoms with Gasteiger partial charge >= 0.3 is 0 Å². The van der Waals surface area contributed by atoms with Crippen molar-refractivity contribution in [2.24, 2.45) is 5.92 Å². The highest BCUT2D eigenvalue weighted by Crippen LogP contribution is 2.16. The van der Waals surface area contributed by atoms with E-state index in [0.29, 0.717) is 6.42 Å². The predicted molar refractivity (Wildman–Crippen MR) is 108 cm³/mol. The summed E-state index contributed by atoms with van der Waals surface area (Å²) in [4.78, 5) is 28.1. The van der Waals surface area contributed by atoms with Crippen molar-refractivity contribution in [3.05, 3.63) is 12.2 Å². The number of hydrogen-bond donors (Lipinski definition) is 4. The van der Waals surface area contributed by atoms with Crippen molar-refractivity contribution in [2.45, 2.75) is 45.4 Å². The molecule has 0 radical (unpaired) electrons. The Labute approximate surface area is 168 Å². The zero-order valence-corrected chi connectivity index (χ0v) is 17.1. The Balaban J connectivity index is 5.12. The normalized spacial score (nSPS) is 12.3. The minimum Gasteiger partial charge on any atom is -0.395 e. The number of nitrogens with zero attached hydrogens (tertiary/aromatic N) is 2. The average Bonchev–Trinajstić information content (AvgIpc) is 2.68. The Morgan fingerprint density at radius 3 is 1.86 bits per heavy atom. The third-order valence-corrected chi connectivity index (χ3v) is 4.48. The molecule has 2 amide bonds. The van der Waals surface area contributed by atoms with E-state index in [4.69, 9.17) is 10.2 Å². The molecule has 0 fully saturated rings. The van der Waals surface area contributed by atoms with Gasteiger partial charge in [-0.25, -0.2) is 0 Å². The van der Waals surface area contributed by atoms with Gasteiger partial charge in [0.2, 0.25) is 11.8 Å². The minimum atomic E-state index is -0.618. The van der Waals surface area contributed by atoms with Crippen LogP contribution in [-0.2, 0) is 9.59 Å². The molecule has 0 heterocycles. The zero-order valence-electron chi connectivity index (χ0n) is 17.1. The lowest BCUT2D eigenvalue weighted by Crippen LogP contribution is -2.43. The van der Waals surface area contributed by atoms with Crippen molar-refractivity contribution >= 4 is 11.8 Å². The Morgan fingerprint density at radius 2 is 1.36 bits per heavy atom. The summed E-state index contributed by atoms with van der Waals surface area (Å²) < 4.78 is 0. The van der Waals surface area contributed by atoms with Crippen LogP contribution < -0.4 is 0 Å². The zero-order chi connectivity index (χ0) is 21.2. The molecule has 1 atom stereocenters. The molecule has 8 heteroatoms. The van der Waals surface area contributed by atoms with Gasteiger partial charge < -0.3 is 30.2 Å². The second kappa shape index (κ2) is 17.6. The van der Waals surface area contributed by atoms with Crippen LogP contribution in [0.1, 0.15) is 45.4 Å². The first kappa shape index (κ1) is 26.5. The summed E-state index contributed by atoms with van der Waals surface area (Å²) in [6, 6.07) is 0. The van der Waals surface area contributed by atoms with Crippen molar-refractivity contribution in [3.8, 4) is 0 Å². The van der Waals surface area contributed by atoms with Gasteiger partial charge in [0.1, 0.15) is 0 Å². The fraction of sp³-hybridized carbons (Fsp3) is 0.800. The standard InChI is InChI=1S/C20H38N2O6/c1-2-3-4-5-6-7-8-18(20(28)22(11-15-25)12-16-26)17-19(27)21(9-13-23)10-14-24/h6-7,18,23-26H,2-5,8-17H2,1H3/b7-6+. The molecule has 0 bridgehead atoms. The maximum absolute atomic E-state index is 12.9. The summed E-state index contributed by atoms with van der Waals surface area (Å²) in [5.74, 6) is -1.22. The number of hydrogen-bond acceptors (Lipinski definition) is 6. The second-order valence-corrected chi connectivity index (χ2v) is 6.70. The fourth-order valence-corrected chi connectivity index (χ4v) is 2.94. The third-order valence-electron chi connectivity index (χ3n) is 4.48. The average molecular weight is 403 g/mol. The number of aliphatic hydroxyl groups excluding tert-OH is 4. The van der Waals surface area contributed by atoms with Crippen molar-refractivity contribution in [1.29, 1.82) is 0 Å². The Morgan fingerprint density at radius 1 is 0.821 bits per heavy atom. The number of carbonyl (C=O) groups is 2. The van der Waals surface area contributed by atoms with Crippen molar-refractivity contribution < 1.29 is 30.0 Å². The first-order valence-corrected chi connectivity index (χ1v) is 10.2. The number of aliphatic hydroxyl groups is 4. The number of carbonyl (C=O) groups excluding carboxylic acids is 2. The maximum Gasteiger partial charge on any atom is 0.226 e. The van der Waals surface area contributed by atoms with Crippen LogP contribution in [0.2, 0.25) is 0 Å². The largest absolute Gasteiger partial charge is 0.395 e. The van der Waals surface area contributed by atoms with Crippen LogP contribution in [0, 0.1) is 5.92 Å². The van der Waals surface area contributed by atoms with Crippen LogP contribution in [0.4, 0.5) is 0 Å². The van der Waals surface area contributed by atoms with Crippen LogP contribution in [0.15, 0.2) is 12.2 Å². The molecule has 0 aliphatic heterocycles. The van der Waals surface area contributed by atoms with Gasteiger partial charge in [-0.1, -0.05) is 31.9 Å². The Hall–Kier alpha value is -1.48. The summed E-state index contributed by atoms with van der Waals surface area (Å²) in [5.41, 5.74) is 0. The molecule has 0 saturated heterocycles. The lowest BCUT2D eigenvalue weighted by molar-refractivity contribution is -0.142. The van der Waals surface area contributed by atoms with Gasteiger partial charge in [0.05, 0.1) is 32.3 Å². The van der Waals surface area contributed by atoms with Gasteiger partial charge in [-0.2, -0.15) is 0 Å². The molecule has 1 unspecified atom stereocenters. The Kier molecular flexibility index (Phi) is 16.7. The molecule has 0 aliphatic carbocycles. The van der Waals surface area contributed by atoms with Crippen LogP contribution in [0.25, 0.3) is 0 Å². The van der Waals surface area contributed by atoms with E-state index < -0.39 is 5.92 Å². The van der Waals surface area contributed by atoms with Gasteiger partial charge in [-0.15, -0.1) is 0 Å². The van der Waals surface area contributed by atoms with Crippen LogP contribution >= 0.6 is 0 Å². The molecule has 8 nitrogen and oxygen atoms in total. The van der Waals surface area contributed by atoms with Crippen LogP contribution in [0.3, 0.4) is 0 Å². The van der Waals surface area contributed by atoms with E-state index in [0.717, 1.165) is 25.7 Å². The SMILES string of the molecule is CCCCC/C=C/CC(CC(=O)N(CCO)CCO)C(=O)N(CCO)CCO. The molecule has 4 N–H and O–H groups in total. The minimum absolute atomic E-state index is 0.0501. The van der Waals surface area contributed by atoms with E-state index in [1.54, 1.807) is 0 Å². The van der Waals surface area contributed by atoms with E-state index in [1.807, 2.05) is 12.2 Å².